The summed E-state index contributed by atoms with van der Waals surface area (Å²) in [5.74, 6) is 1.82. The number of esters is 1. The third-order valence-corrected chi connectivity index (χ3v) is 3.19. The molecule has 4 heteroatoms. The topological polar surface area (TPSA) is 38.3 Å². The van der Waals surface area contributed by atoms with E-state index in [-0.39, 0.29) is 24.3 Å². The summed E-state index contributed by atoms with van der Waals surface area (Å²) in [4.78, 5) is 11.0. The summed E-state index contributed by atoms with van der Waals surface area (Å²) in [6, 6.07) is 0. The number of ether oxygens (including phenoxy) is 1. The standard InChI is InChI=1S/C9H15NO2.ClH/c1-12-9(11)7-2-6(3-7)8-4-10-5-8;/h6-8,10H,2-5H2,1H3;1H. The van der Waals surface area contributed by atoms with Crippen LogP contribution in [-0.4, -0.2) is 26.2 Å². The number of methoxy groups -OCH3 is 1. The molecule has 1 saturated carbocycles. The zero-order valence-electron chi connectivity index (χ0n) is 7.79. The fourth-order valence-corrected chi connectivity index (χ4v) is 2.05. The Labute approximate surface area is 84.6 Å². The van der Waals surface area contributed by atoms with E-state index in [1.54, 1.807) is 0 Å². The first-order valence-electron chi connectivity index (χ1n) is 4.60. The van der Waals surface area contributed by atoms with Gasteiger partial charge in [0.2, 0.25) is 0 Å². The maximum Gasteiger partial charge on any atom is 0.308 e. The molecular formula is C9H16ClNO2. The van der Waals surface area contributed by atoms with Crippen LogP contribution in [0.1, 0.15) is 12.8 Å². The van der Waals surface area contributed by atoms with Crippen LogP contribution in [0.15, 0.2) is 0 Å². The zero-order chi connectivity index (χ0) is 8.55. The van der Waals surface area contributed by atoms with Crippen LogP contribution in [0.3, 0.4) is 0 Å². The Kier molecular flexibility index (Phi) is 3.56. The molecule has 0 bridgehead atoms. The van der Waals surface area contributed by atoms with Gasteiger partial charge in [-0.2, -0.15) is 0 Å². The monoisotopic (exact) mass is 205 g/mol. The highest BCUT2D eigenvalue weighted by Crippen LogP contribution is 2.40. The number of rotatable bonds is 2. The second-order valence-electron chi connectivity index (χ2n) is 3.87. The van der Waals surface area contributed by atoms with Gasteiger partial charge in [-0.25, -0.2) is 0 Å². The van der Waals surface area contributed by atoms with Crippen LogP contribution in [-0.2, 0) is 9.53 Å². The minimum atomic E-state index is -0.0152. The molecule has 0 spiro atoms. The normalized spacial score (nSPS) is 32.4. The number of nitrogens with one attached hydrogen (secondary N) is 1. The molecule has 2 fully saturated rings. The molecular weight excluding hydrogens is 190 g/mol. The van der Waals surface area contributed by atoms with Crippen LogP contribution in [0.2, 0.25) is 0 Å². The molecule has 2 aliphatic rings. The van der Waals surface area contributed by atoms with E-state index >= 15 is 0 Å². The Bertz CT molecular complexity index is 188. The largest absolute Gasteiger partial charge is 0.469 e. The van der Waals surface area contributed by atoms with Crippen molar-refractivity contribution in [3.05, 3.63) is 0 Å². The first-order valence-corrected chi connectivity index (χ1v) is 4.60. The van der Waals surface area contributed by atoms with Gasteiger partial charge in [0.15, 0.2) is 0 Å². The second-order valence-corrected chi connectivity index (χ2v) is 3.87. The quantitative estimate of drug-likeness (QED) is 0.679. The van der Waals surface area contributed by atoms with Crippen LogP contribution in [0.5, 0.6) is 0 Å². The van der Waals surface area contributed by atoms with Gasteiger partial charge in [0.25, 0.3) is 0 Å². The number of halogens is 1. The maximum absolute atomic E-state index is 11.0. The Morgan fingerprint density at radius 1 is 1.31 bits per heavy atom. The molecule has 0 aromatic carbocycles. The van der Waals surface area contributed by atoms with Gasteiger partial charge in [-0.1, -0.05) is 0 Å². The molecule has 0 unspecified atom stereocenters. The summed E-state index contributed by atoms with van der Waals surface area (Å²) in [6.45, 7) is 2.30. The lowest BCUT2D eigenvalue weighted by Gasteiger charge is -2.43. The molecule has 13 heavy (non-hydrogen) atoms. The minimum Gasteiger partial charge on any atom is -0.469 e. The van der Waals surface area contributed by atoms with Crippen molar-refractivity contribution in [3.8, 4) is 0 Å². The molecule has 1 aliphatic heterocycles. The predicted octanol–water partition coefficient (Wildman–Crippen LogP) is 0.827. The summed E-state index contributed by atoms with van der Waals surface area (Å²) in [5.41, 5.74) is 0. The summed E-state index contributed by atoms with van der Waals surface area (Å²) in [6.07, 6.45) is 2.11. The van der Waals surface area contributed by atoms with E-state index in [0.29, 0.717) is 0 Å². The first kappa shape index (κ1) is 10.8. The van der Waals surface area contributed by atoms with Crippen molar-refractivity contribution in [1.29, 1.82) is 0 Å². The van der Waals surface area contributed by atoms with Gasteiger partial charge in [0, 0.05) is 0 Å². The van der Waals surface area contributed by atoms with E-state index in [4.69, 9.17) is 0 Å². The van der Waals surface area contributed by atoms with Gasteiger partial charge in [-0.15, -0.1) is 12.4 Å². The lowest BCUT2D eigenvalue weighted by Crippen LogP contribution is -2.50. The van der Waals surface area contributed by atoms with Crippen molar-refractivity contribution in [2.24, 2.45) is 17.8 Å². The minimum absolute atomic E-state index is 0. The average molecular weight is 206 g/mol. The summed E-state index contributed by atoms with van der Waals surface area (Å²) in [7, 11) is 1.47. The smallest absolute Gasteiger partial charge is 0.308 e. The summed E-state index contributed by atoms with van der Waals surface area (Å²) < 4.78 is 4.68. The van der Waals surface area contributed by atoms with Crippen LogP contribution >= 0.6 is 12.4 Å². The molecule has 1 saturated heterocycles. The van der Waals surface area contributed by atoms with Crippen molar-refractivity contribution in [2.75, 3.05) is 20.2 Å². The fraction of sp³-hybridized carbons (Fsp3) is 0.889. The number of hydrogen-bond donors (Lipinski definition) is 1. The molecule has 2 rings (SSSR count). The van der Waals surface area contributed by atoms with Crippen molar-refractivity contribution < 1.29 is 9.53 Å². The zero-order valence-corrected chi connectivity index (χ0v) is 8.60. The molecule has 0 amide bonds. The van der Waals surface area contributed by atoms with Gasteiger partial charge in [-0.3, -0.25) is 4.79 Å². The molecule has 0 atom stereocenters. The Hall–Kier alpha value is -0.280. The van der Waals surface area contributed by atoms with E-state index in [0.717, 1.165) is 37.8 Å². The molecule has 0 aromatic heterocycles. The Morgan fingerprint density at radius 3 is 2.31 bits per heavy atom. The molecule has 3 nitrogen and oxygen atoms in total. The van der Waals surface area contributed by atoms with Gasteiger partial charge < -0.3 is 10.1 Å². The maximum atomic E-state index is 11.0. The van der Waals surface area contributed by atoms with Crippen molar-refractivity contribution in [3.63, 3.8) is 0 Å². The lowest BCUT2D eigenvalue weighted by atomic mass is 9.67. The SMILES string of the molecule is COC(=O)C1CC(C2CNC2)C1.Cl. The second kappa shape index (κ2) is 4.29. The molecule has 1 heterocycles. The van der Waals surface area contributed by atoms with Crippen LogP contribution in [0.4, 0.5) is 0 Å². The van der Waals surface area contributed by atoms with Crippen molar-refractivity contribution in [2.45, 2.75) is 12.8 Å². The average Bonchev–Trinajstić information content (AvgIpc) is 1.90. The fourth-order valence-electron chi connectivity index (χ4n) is 2.05. The Morgan fingerprint density at radius 2 is 1.92 bits per heavy atom. The van der Waals surface area contributed by atoms with Gasteiger partial charge in [-0.05, 0) is 37.8 Å². The lowest BCUT2D eigenvalue weighted by molar-refractivity contribution is -0.151. The van der Waals surface area contributed by atoms with E-state index in [1.165, 1.54) is 7.11 Å². The molecule has 0 aromatic rings. The van der Waals surface area contributed by atoms with Crippen molar-refractivity contribution in [1.82, 2.24) is 5.32 Å². The van der Waals surface area contributed by atoms with E-state index < -0.39 is 0 Å². The van der Waals surface area contributed by atoms with Crippen molar-refractivity contribution >= 4 is 18.4 Å². The molecule has 0 radical (unpaired) electrons. The van der Waals surface area contributed by atoms with Crippen LogP contribution in [0, 0.1) is 17.8 Å². The Balaban J connectivity index is 0.000000845. The molecule has 76 valence electrons. The van der Waals surface area contributed by atoms with E-state index in [9.17, 15) is 4.79 Å². The van der Waals surface area contributed by atoms with Crippen LogP contribution in [0.25, 0.3) is 0 Å². The number of carbonyl (C=O) groups is 1. The predicted molar refractivity (Wildman–Crippen MR) is 51.8 cm³/mol. The highest BCUT2D eigenvalue weighted by atomic mass is 35.5. The molecule has 1 aliphatic carbocycles. The highest BCUT2D eigenvalue weighted by molar-refractivity contribution is 5.85. The van der Waals surface area contributed by atoms with E-state index in [2.05, 4.69) is 10.1 Å². The number of carbonyl (C=O) groups excluding carboxylic acids is 1. The molecule has 1 N–H and O–H groups in total. The van der Waals surface area contributed by atoms with Gasteiger partial charge >= 0.3 is 5.97 Å². The first-order chi connectivity index (χ1) is 5.81. The third kappa shape index (κ3) is 1.97. The highest BCUT2D eigenvalue weighted by Gasteiger charge is 2.41. The van der Waals surface area contributed by atoms with Crippen LogP contribution < -0.4 is 5.32 Å². The third-order valence-electron chi connectivity index (χ3n) is 3.19. The van der Waals surface area contributed by atoms with Gasteiger partial charge in [0.05, 0.1) is 13.0 Å². The summed E-state index contributed by atoms with van der Waals surface area (Å²) >= 11 is 0. The van der Waals surface area contributed by atoms with Gasteiger partial charge in [0.1, 0.15) is 0 Å². The summed E-state index contributed by atoms with van der Waals surface area (Å²) in [5, 5.41) is 3.25. The number of hydrogen-bond acceptors (Lipinski definition) is 3. The van der Waals surface area contributed by atoms with E-state index in [1.807, 2.05) is 0 Å².